The molecule has 0 bridgehead atoms. The first-order valence-electron chi connectivity index (χ1n) is 9.22. The average molecular weight is 379 g/mol. The van der Waals surface area contributed by atoms with Crippen LogP contribution in [0.5, 0.6) is 0 Å². The van der Waals surface area contributed by atoms with Crippen LogP contribution in [0, 0.1) is 0 Å². The van der Waals surface area contributed by atoms with E-state index in [-0.39, 0.29) is 0 Å². The lowest BCUT2D eigenvalue weighted by Crippen LogP contribution is -1.94. The minimum atomic E-state index is -0.681. The second-order valence-electron chi connectivity index (χ2n) is 6.05. The normalized spacial score (nSPS) is 10.8. The van der Waals surface area contributed by atoms with Crippen molar-refractivity contribution in [1.82, 2.24) is 0 Å². The van der Waals surface area contributed by atoms with Crippen molar-refractivity contribution in [2.24, 2.45) is 0 Å². The van der Waals surface area contributed by atoms with Crippen molar-refractivity contribution >= 4 is 35.5 Å². The summed E-state index contributed by atoms with van der Waals surface area (Å²) in [5, 5.41) is 17.1. The summed E-state index contributed by atoms with van der Waals surface area (Å²) in [5.41, 5.74) is 0. The Balaban J connectivity index is 3.00. The molecule has 0 aromatic rings. The molecule has 0 saturated heterocycles. The summed E-state index contributed by atoms with van der Waals surface area (Å²) in [4.78, 5) is 20.7. The molecule has 0 saturated carbocycles. The van der Waals surface area contributed by atoms with Gasteiger partial charge >= 0.3 is 11.9 Å². The van der Waals surface area contributed by atoms with Crippen LogP contribution in [0.3, 0.4) is 0 Å². The van der Waals surface area contributed by atoms with Crippen molar-refractivity contribution in [2.75, 3.05) is 23.0 Å². The van der Waals surface area contributed by atoms with Crippen LogP contribution in [0.25, 0.3) is 0 Å². The van der Waals surface area contributed by atoms with Crippen LogP contribution in [0.2, 0.25) is 0 Å². The van der Waals surface area contributed by atoms with Gasteiger partial charge in [-0.1, -0.05) is 25.7 Å². The molecule has 0 aliphatic carbocycles. The van der Waals surface area contributed by atoms with Gasteiger partial charge in [0.05, 0.1) is 0 Å². The summed E-state index contributed by atoms with van der Waals surface area (Å²) < 4.78 is 0. The van der Waals surface area contributed by atoms with E-state index in [9.17, 15) is 9.59 Å². The van der Waals surface area contributed by atoms with Gasteiger partial charge in [-0.25, -0.2) is 0 Å². The molecule has 0 aliphatic rings. The van der Waals surface area contributed by atoms with E-state index in [1.807, 2.05) is 23.5 Å². The Morgan fingerprint density at radius 2 is 0.792 bits per heavy atom. The highest BCUT2D eigenvalue weighted by Gasteiger charge is 1.98. The predicted molar refractivity (Wildman–Crippen MR) is 105 cm³/mol. The number of carboxylic acid groups (broad SMARTS) is 2. The van der Waals surface area contributed by atoms with E-state index in [0.29, 0.717) is 12.8 Å². The molecule has 6 heteroatoms. The van der Waals surface area contributed by atoms with Gasteiger partial charge in [0.1, 0.15) is 0 Å². The van der Waals surface area contributed by atoms with Crippen molar-refractivity contribution in [2.45, 2.75) is 77.0 Å². The quantitative estimate of drug-likeness (QED) is 0.297. The first-order chi connectivity index (χ1) is 11.6. The van der Waals surface area contributed by atoms with Crippen LogP contribution in [0.4, 0.5) is 0 Å². The maximum Gasteiger partial charge on any atom is 0.303 e. The molecule has 0 fully saturated rings. The maximum absolute atomic E-state index is 10.4. The lowest BCUT2D eigenvalue weighted by molar-refractivity contribution is -0.138. The zero-order valence-electron chi connectivity index (χ0n) is 14.8. The van der Waals surface area contributed by atoms with Gasteiger partial charge in [0, 0.05) is 12.8 Å². The Morgan fingerprint density at radius 3 is 1.08 bits per heavy atom. The first-order valence-corrected chi connectivity index (χ1v) is 11.5. The van der Waals surface area contributed by atoms with Gasteiger partial charge in [0.25, 0.3) is 0 Å². The number of carbonyl (C=O) groups is 2. The fraction of sp³-hybridized carbons (Fsp3) is 0.889. The zero-order valence-corrected chi connectivity index (χ0v) is 16.5. The second kappa shape index (κ2) is 19.0. The van der Waals surface area contributed by atoms with Crippen LogP contribution < -0.4 is 0 Å². The molecule has 0 aromatic carbocycles. The lowest BCUT2D eigenvalue weighted by atomic mass is 10.2. The van der Waals surface area contributed by atoms with Gasteiger partial charge in [-0.3, -0.25) is 9.59 Å². The largest absolute Gasteiger partial charge is 0.481 e. The molecule has 4 nitrogen and oxygen atoms in total. The van der Waals surface area contributed by atoms with Crippen LogP contribution in [-0.2, 0) is 9.59 Å². The van der Waals surface area contributed by atoms with Crippen LogP contribution in [0.15, 0.2) is 0 Å². The number of thioether (sulfide) groups is 2. The van der Waals surface area contributed by atoms with Gasteiger partial charge in [-0.2, -0.15) is 23.5 Å². The monoisotopic (exact) mass is 378 g/mol. The molecule has 0 rings (SSSR count). The van der Waals surface area contributed by atoms with Gasteiger partial charge < -0.3 is 10.2 Å². The van der Waals surface area contributed by atoms with Gasteiger partial charge in [0.2, 0.25) is 0 Å². The van der Waals surface area contributed by atoms with Gasteiger partial charge in [0.15, 0.2) is 0 Å². The summed E-state index contributed by atoms with van der Waals surface area (Å²) >= 11 is 4.00. The Labute approximate surface area is 155 Å². The highest BCUT2D eigenvalue weighted by atomic mass is 32.2. The average Bonchev–Trinajstić information content (AvgIpc) is 2.53. The molecule has 142 valence electrons. The van der Waals surface area contributed by atoms with Crippen LogP contribution in [-0.4, -0.2) is 45.2 Å². The fourth-order valence-electron chi connectivity index (χ4n) is 2.28. The summed E-state index contributed by atoms with van der Waals surface area (Å²) in [6.45, 7) is 0. The van der Waals surface area contributed by atoms with E-state index in [1.165, 1.54) is 37.2 Å². The molecule has 0 amide bonds. The Bertz CT molecular complexity index is 281. The Kier molecular flexibility index (Phi) is 18.7. The third kappa shape index (κ3) is 21.6. The molecule has 2 N–H and O–H groups in total. The third-order valence-electron chi connectivity index (χ3n) is 3.69. The Morgan fingerprint density at radius 1 is 0.500 bits per heavy atom. The van der Waals surface area contributed by atoms with Gasteiger partial charge in [-0.15, -0.1) is 0 Å². The van der Waals surface area contributed by atoms with Gasteiger partial charge in [-0.05, 0) is 61.5 Å². The van der Waals surface area contributed by atoms with E-state index in [0.717, 1.165) is 50.0 Å². The van der Waals surface area contributed by atoms with Crippen LogP contribution >= 0.6 is 23.5 Å². The minimum Gasteiger partial charge on any atom is -0.481 e. The molecule has 0 aliphatic heterocycles. The SMILES string of the molecule is O=C(O)CCCCCSCCCCCCSCCCCCC(=O)O. The Hall–Kier alpha value is -0.360. The third-order valence-corrected chi connectivity index (χ3v) is 6.00. The number of aliphatic carboxylic acids is 2. The summed E-state index contributed by atoms with van der Waals surface area (Å²) in [5.74, 6) is 3.43. The van der Waals surface area contributed by atoms with Crippen LogP contribution in [0.1, 0.15) is 77.0 Å². The van der Waals surface area contributed by atoms with Crippen molar-refractivity contribution < 1.29 is 19.8 Å². The van der Waals surface area contributed by atoms with Crippen molar-refractivity contribution in [3.8, 4) is 0 Å². The number of hydrogen-bond acceptors (Lipinski definition) is 4. The first kappa shape index (κ1) is 23.6. The number of carboxylic acids is 2. The topological polar surface area (TPSA) is 74.6 Å². The van der Waals surface area contributed by atoms with E-state index >= 15 is 0 Å². The highest BCUT2D eigenvalue weighted by Crippen LogP contribution is 2.14. The van der Waals surface area contributed by atoms with Crippen molar-refractivity contribution in [3.05, 3.63) is 0 Å². The molecule has 0 radical (unpaired) electrons. The standard InChI is InChI=1S/C18H34O4S2/c19-17(20)11-5-3-9-15-23-13-7-1-2-8-14-24-16-10-4-6-12-18(21)22/h1-16H2,(H,19,20)(H,21,22). The molecule has 0 spiro atoms. The minimum absolute atomic E-state index is 0.311. The molecule has 24 heavy (non-hydrogen) atoms. The van der Waals surface area contributed by atoms with E-state index in [2.05, 4.69) is 0 Å². The molecular weight excluding hydrogens is 344 g/mol. The fourth-order valence-corrected chi connectivity index (χ4v) is 4.32. The van der Waals surface area contributed by atoms with Crippen molar-refractivity contribution in [1.29, 1.82) is 0 Å². The summed E-state index contributed by atoms with van der Waals surface area (Å²) in [7, 11) is 0. The van der Waals surface area contributed by atoms with E-state index in [4.69, 9.17) is 10.2 Å². The molecule has 0 unspecified atom stereocenters. The smallest absolute Gasteiger partial charge is 0.303 e. The molecule has 0 atom stereocenters. The van der Waals surface area contributed by atoms with Crippen molar-refractivity contribution in [3.63, 3.8) is 0 Å². The molecule has 0 aromatic heterocycles. The maximum atomic E-state index is 10.4. The zero-order chi connectivity index (χ0) is 17.9. The molecular formula is C18H34O4S2. The van der Waals surface area contributed by atoms with E-state index in [1.54, 1.807) is 0 Å². The highest BCUT2D eigenvalue weighted by molar-refractivity contribution is 7.99. The number of hydrogen-bond donors (Lipinski definition) is 2. The second-order valence-corrected chi connectivity index (χ2v) is 8.50. The number of unbranched alkanes of at least 4 members (excludes halogenated alkanes) is 7. The number of rotatable bonds is 19. The molecule has 0 heterocycles. The van der Waals surface area contributed by atoms with E-state index < -0.39 is 11.9 Å². The predicted octanol–water partition coefficient (Wildman–Crippen LogP) is 5.30. The summed E-state index contributed by atoms with van der Waals surface area (Å²) in [6, 6.07) is 0. The lowest BCUT2D eigenvalue weighted by Gasteiger charge is -2.03. The summed E-state index contributed by atoms with van der Waals surface area (Å²) in [6.07, 6.45) is 11.8.